The number of anilines is 4. The number of nitrogens with zero attached hydrogens (tertiary/aromatic N) is 12. The Kier molecular flexibility index (Phi) is 38.3. The number of aromatic amines is 4. The topological polar surface area (TPSA) is 606 Å². The largest absolute Gasteiger partial charge is 0.369 e. The van der Waals surface area contributed by atoms with Gasteiger partial charge in [0.1, 0.15) is 75.1 Å². The van der Waals surface area contributed by atoms with E-state index in [4.69, 9.17) is 78.1 Å². The summed E-state index contributed by atoms with van der Waals surface area (Å²) < 4.78 is 177. The zero-order valence-corrected chi connectivity index (χ0v) is 74.9. The van der Waals surface area contributed by atoms with Crippen molar-refractivity contribution in [3.05, 3.63) is 222 Å². The molecule has 0 spiro atoms. The van der Waals surface area contributed by atoms with Gasteiger partial charge in [0.15, 0.2) is 67.8 Å². The molecule has 1 aliphatic carbocycles. The van der Waals surface area contributed by atoms with Crippen molar-refractivity contribution in [2.75, 3.05) is 101 Å². The van der Waals surface area contributed by atoms with E-state index < -0.39 is 121 Å². The highest BCUT2D eigenvalue weighted by Gasteiger charge is 2.33. The number of rotatable bonds is 48. The number of allylic oxidation sites excluding steroid dienone is 1. The summed E-state index contributed by atoms with van der Waals surface area (Å²) in [5.74, 6) is -3.16. The van der Waals surface area contributed by atoms with Gasteiger partial charge in [-0.25, -0.2) is 37.5 Å². The molecule has 0 radical (unpaired) electrons. The molecule has 0 aliphatic heterocycles. The van der Waals surface area contributed by atoms with Crippen LogP contribution in [0.4, 0.5) is 41.4 Å². The molecule has 44 nitrogen and oxygen atoms in total. The minimum atomic E-state index is -3.86. The molecule has 1 fully saturated rings. The molecular formula is C80H96F4N20O24P4. The number of hydrogen-bond acceptors (Lipinski definition) is 36. The van der Waals surface area contributed by atoms with Gasteiger partial charge < -0.3 is 78.2 Å². The van der Waals surface area contributed by atoms with Crippen LogP contribution in [-0.4, -0.2) is 179 Å². The lowest BCUT2D eigenvalue weighted by Gasteiger charge is -2.22. The van der Waals surface area contributed by atoms with Gasteiger partial charge >= 0.3 is 30.4 Å². The number of imidazole rings is 4. The first-order valence-corrected chi connectivity index (χ1v) is 47.4. The SMILES string of the molecule is C=CCC(=O)COP(=O)(COCCn1cnc2c(=O)[nH]c(N)nc21)OCc1cccc(F)c1.CC(=O)COP(=O)(COCCn1cnc2c(=O)[nH]c(N)nc21)OCc1cccc(F)c1.CCC(=O)COP(=O)(COCCn1cnc2c(=O)[nH]c(N)nc21)OCc1cccc(F)c1.Nc1nc2c(ncn2CCOCP(=O)(OCC(=O)C2CCCCC2)OCc2cccc(F)c2)c(=O)[nH]1. The number of halogens is 4. The van der Waals surface area contributed by atoms with E-state index >= 15 is 0 Å². The predicted molar refractivity (Wildman–Crippen MR) is 470 cm³/mol. The molecule has 12 aromatic rings. The smallest absolute Gasteiger partial charge is 0.356 e. The second kappa shape index (κ2) is 49.5. The van der Waals surface area contributed by atoms with Crippen LogP contribution in [0.5, 0.6) is 0 Å². The number of benzene rings is 4. The summed E-state index contributed by atoms with van der Waals surface area (Å²) in [4.78, 5) is 136. The molecular weight excluding hydrogens is 1820 g/mol. The second-order valence-electron chi connectivity index (χ2n) is 29.0. The number of Topliss-reactive ketones (excluding diaryl/α,β-unsaturated/α-hetero) is 4. The number of H-pyrrole nitrogens is 4. The highest BCUT2D eigenvalue weighted by Crippen LogP contribution is 2.52. The molecule has 4 atom stereocenters. The third-order valence-electron chi connectivity index (χ3n) is 18.7. The Morgan fingerprint density at radius 1 is 0.424 bits per heavy atom. The van der Waals surface area contributed by atoms with Gasteiger partial charge in [-0.05, 0) is 90.6 Å². The lowest BCUT2D eigenvalue weighted by Crippen LogP contribution is -2.22. The number of nitrogens with two attached hydrogens (primary N) is 4. The number of nitrogen functional groups attached to an aromatic ring is 4. The molecule has 12 N–H and O–H groups in total. The van der Waals surface area contributed by atoms with Crippen molar-refractivity contribution in [2.45, 2.75) is 111 Å². The number of fused-ring (bicyclic) bond motifs is 4. The zero-order valence-electron chi connectivity index (χ0n) is 71.3. The van der Waals surface area contributed by atoms with Crippen molar-refractivity contribution in [1.29, 1.82) is 0 Å². The van der Waals surface area contributed by atoms with Crippen LogP contribution < -0.4 is 45.2 Å². The number of aromatic nitrogens is 16. The molecule has 708 valence electrons. The Morgan fingerprint density at radius 2 is 0.705 bits per heavy atom. The molecule has 132 heavy (non-hydrogen) atoms. The Bertz CT molecular complexity index is 6440. The van der Waals surface area contributed by atoms with Crippen molar-refractivity contribution < 1.29 is 110 Å². The lowest BCUT2D eigenvalue weighted by molar-refractivity contribution is -0.126. The normalized spacial score (nSPS) is 14.1. The molecule has 1 saturated carbocycles. The molecule has 8 heterocycles. The highest BCUT2D eigenvalue weighted by atomic mass is 31.2. The van der Waals surface area contributed by atoms with E-state index in [1.165, 1.54) is 111 Å². The first kappa shape index (κ1) is 102. The van der Waals surface area contributed by atoms with Crippen LogP contribution in [0.1, 0.15) is 81.0 Å². The van der Waals surface area contributed by atoms with Crippen LogP contribution >= 0.6 is 30.4 Å². The van der Waals surface area contributed by atoms with Gasteiger partial charge in [-0.15, -0.1) is 6.58 Å². The molecule has 52 heteroatoms. The summed E-state index contributed by atoms with van der Waals surface area (Å²) in [5, 5.41) is 0. The predicted octanol–water partition coefficient (Wildman–Crippen LogP) is 9.83. The van der Waals surface area contributed by atoms with Crippen molar-refractivity contribution in [1.82, 2.24) is 78.1 Å². The molecule has 4 aromatic carbocycles. The fraction of sp³-hybridized carbons (Fsp3) is 0.375. The Labute approximate surface area is 747 Å². The summed E-state index contributed by atoms with van der Waals surface area (Å²) in [6, 6.07) is 22.5. The maximum atomic E-state index is 13.5. The minimum absolute atomic E-state index is 0.0388. The quantitative estimate of drug-likeness (QED) is 0.00760. The van der Waals surface area contributed by atoms with Gasteiger partial charge in [0.2, 0.25) is 23.8 Å². The number of carbonyl (C=O) groups is 4. The third-order valence-corrected chi connectivity index (χ3v) is 24.9. The maximum Gasteiger partial charge on any atom is 0.356 e. The number of nitrogens with one attached hydrogen (secondary N) is 4. The van der Waals surface area contributed by atoms with Crippen LogP contribution in [0.25, 0.3) is 44.7 Å². The third kappa shape index (κ3) is 31.9. The Hall–Kier alpha value is -11.9. The average molecular weight is 1920 g/mol. The molecule has 8 aromatic heterocycles. The lowest BCUT2D eigenvalue weighted by atomic mass is 9.86. The first-order chi connectivity index (χ1) is 63.2. The number of hydrogen-bond donors (Lipinski definition) is 8. The van der Waals surface area contributed by atoms with E-state index in [-0.39, 0.29) is 190 Å². The fourth-order valence-electron chi connectivity index (χ4n) is 12.1. The van der Waals surface area contributed by atoms with Crippen molar-refractivity contribution >= 4 is 122 Å². The second-order valence-corrected chi connectivity index (χ2v) is 37.0. The van der Waals surface area contributed by atoms with Crippen LogP contribution in [0.15, 0.2) is 154 Å². The van der Waals surface area contributed by atoms with Crippen molar-refractivity contribution in [3.63, 3.8) is 0 Å². The highest BCUT2D eigenvalue weighted by molar-refractivity contribution is 7.54. The van der Waals surface area contributed by atoms with E-state index in [9.17, 15) is 74.2 Å². The van der Waals surface area contributed by atoms with E-state index in [0.717, 1.165) is 32.1 Å². The molecule has 0 bridgehead atoms. The van der Waals surface area contributed by atoms with Crippen molar-refractivity contribution in [2.24, 2.45) is 5.92 Å². The molecule has 0 amide bonds. The van der Waals surface area contributed by atoms with Crippen LogP contribution in [0.3, 0.4) is 0 Å². The summed E-state index contributed by atoms with van der Waals surface area (Å²) >= 11 is 0. The van der Waals surface area contributed by atoms with Crippen molar-refractivity contribution in [3.8, 4) is 0 Å². The van der Waals surface area contributed by atoms with Gasteiger partial charge in [-0.3, -0.25) is 94.6 Å². The van der Waals surface area contributed by atoms with E-state index in [1.54, 1.807) is 49.5 Å². The number of carbonyl (C=O) groups excluding carboxylic acids is 4. The summed E-state index contributed by atoms with van der Waals surface area (Å²) in [6.45, 7) is 5.17. The monoisotopic (exact) mass is 1920 g/mol. The standard InChI is InChI=1S/C23H29FN5O6P.C20H23FN5O6P.C19H23FN5O6P.C18H21FN5O6P/c24-18-8-4-5-16(11-18)12-34-36(32,35-13-19(30)17-6-2-1-3-7-17)15-33-10-9-29-14-26-20-21(29)27-23(25)28-22(20)31;1-2-4-16(27)11-32-33(29,31-10-14-5-3-6-15(21)9-14)13-30-8-7-26-12-23-17-18(26)24-20(22)25-19(17)28;1-2-15(26)10-31-32(28,30-9-13-4-3-5-14(20)8-13)12-29-7-6-25-11-22-16-17(25)23-19(21)24-18(16)27;1-12(25)8-29-31(27,30-9-13-3-2-4-14(19)7-13)11-28-6-5-24-10-21-15-16(24)22-18(20)23-17(15)26/h4-5,8,11,14,17H,1-3,6-7,9-10,12-13,15H2,(H3,25,27,28,31);2-3,5-6,9,12H,1,4,7-8,10-11,13H2,(H3,22,24,25,28);3-5,8,11H,2,6-7,9-10,12H2,1H3,(H3,21,23,24,27);2-4,7,10H,5-6,8-9,11H2,1H3,(H3,20,22,23,26). The Balaban J connectivity index is 0.000000183. The average Bonchev–Trinajstić information content (AvgIpc) is 1.55. The number of ketones is 4. The van der Waals surface area contributed by atoms with Crippen LogP contribution in [0.2, 0.25) is 0 Å². The summed E-state index contributed by atoms with van der Waals surface area (Å²) in [6.07, 6.45) is 10.3. The van der Waals surface area contributed by atoms with Gasteiger partial charge in [-0.2, -0.15) is 19.9 Å². The van der Waals surface area contributed by atoms with E-state index in [0.29, 0.717) is 27.9 Å². The molecule has 13 rings (SSSR count). The van der Waals surface area contributed by atoms with Crippen LogP contribution in [-0.2, 0) is 145 Å². The zero-order chi connectivity index (χ0) is 95.0. The molecule has 4 unspecified atom stereocenters. The van der Waals surface area contributed by atoms with Gasteiger partial charge in [0, 0.05) is 44.9 Å². The van der Waals surface area contributed by atoms with Gasteiger partial charge in [0.25, 0.3) is 22.2 Å². The van der Waals surface area contributed by atoms with Gasteiger partial charge in [-0.1, -0.05) is 80.8 Å². The van der Waals surface area contributed by atoms with Crippen LogP contribution in [0, 0.1) is 29.2 Å². The van der Waals surface area contributed by atoms with E-state index in [1.807, 2.05) is 0 Å². The summed E-state index contributed by atoms with van der Waals surface area (Å²) in [7, 11) is -15.3. The molecule has 1 aliphatic rings. The maximum absolute atomic E-state index is 13.5. The summed E-state index contributed by atoms with van der Waals surface area (Å²) in [5.41, 5.74) is 23.9. The first-order valence-electron chi connectivity index (χ1n) is 40.5. The van der Waals surface area contributed by atoms with E-state index in [2.05, 4.69) is 66.4 Å². The fourth-order valence-corrected chi connectivity index (χ4v) is 17.2. The number of ether oxygens (including phenoxy) is 4. The Morgan fingerprint density at radius 3 is 0.977 bits per heavy atom. The van der Waals surface area contributed by atoms with Gasteiger partial charge in [0.05, 0.1) is 78.2 Å². The molecule has 0 saturated heterocycles. The minimum Gasteiger partial charge on any atom is -0.369 e.